The molecule has 5 nitrogen and oxygen atoms in total. The number of hydrogen-bond acceptors (Lipinski definition) is 5. The van der Waals surface area contributed by atoms with Gasteiger partial charge in [-0.1, -0.05) is 6.58 Å². The summed E-state index contributed by atoms with van der Waals surface area (Å²) in [4.78, 5) is 9.49. The standard InChI is InChI=1S/C4H6O2.C2H6O3S.Na/c1-3(2)4(5)6;1-2-5-6(3)4;/h1H2,2H3,(H,5,6);6H,2H2,1H3;/q;;+1/p-1. The normalized spacial score (nSPS) is 7.92. The summed E-state index contributed by atoms with van der Waals surface area (Å²) in [6.07, 6.45) is 0. The summed E-state index contributed by atoms with van der Waals surface area (Å²) in [5.74, 6) is -1.19. The van der Waals surface area contributed by atoms with E-state index in [4.69, 9.17) is 0 Å². The molecule has 0 unspecified atom stereocenters. The summed E-state index contributed by atoms with van der Waals surface area (Å²) < 4.78 is 22.8. The Labute approximate surface area is 101 Å². The van der Waals surface area contributed by atoms with E-state index in [-0.39, 0.29) is 41.7 Å². The molecule has 0 aromatic rings. The van der Waals surface area contributed by atoms with E-state index in [1.165, 1.54) is 6.92 Å². The first kappa shape index (κ1) is 18.8. The summed E-state index contributed by atoms with van der Waals surface area (Å²) in [6, 6.07) is 0. The molecular formula is C6H11NaO5S. The molecule has 0 aliphatic carbocycles. The van der Waals surface area contributed by atoms with Crippen molar-refractivity contribution in [3.63, 3.8) is 0 Å². The molecule has 13 heavy (non-hydrogen) atoms. The number of carbonyl (C=O) groups excluding carboxylic acids is 1. The van der Waals surface area contributed by atoms with Crippen LogP contribution in [-0.4, -0.2) is 21.0 Å². The van der Waals surface area contributed by atoms with Crippen molar-refractivity contribution >= 4 is 17.0 Å². The van der Waals surface area contributed by atoms with Gasteiger partial charge in [0.05, 0.1) is 12.6 Å². The Balaban J connectivity index is -0.000000143. The zero-order chi connectivity index (χ0) is 10.1. The smallest absolute Gasteiger partial charge is 0.545 e. The average Bonchev–Trinajstić information content (AvgIpc) is 1.87. The van der Waals surface area contributed by atoms with Gasteiger partial charge < -0.3 is 9.90 Å². The van der Waals surface area contributed by atoms with Gasteiger partial charge in [-0.05, 0) is 19.4 Å². The summed E-state index contributed by atoms with van der Waals surface area (Å²) in [5.41, 5.74) is 0.0648. The number of thiol groups is 1. The molecule has 0 radical (unpaired) electrons. The van der Waals surface area contributed by atoms with Crippen molar-refractivity contribution in [3.8, 4) is 0 Å². The van der Waals surface area contributed by atoms with Crippen molar-refractivity contribution < 1.29 is 52.1 Å². The van der Waals surface area contributed by atoms with Gasteiger partial charge in [0.2, 0.25) is 0 Å². The third kappa shape index (κ3) is 24.5. The molecule has 0 saturated heterocycles. The molecule has 0 N–H and O–H groups in total. The van der Waals surface area contributed by atoms with Gasteiger partial charge in [-0.25, -0.2) is 8.42 Å². The minimum atomic E-state index is -2.60. The predicted octanol–water partition coefficient (Wildman–Crippen LogP) is -4.13. The molecule has 0 heterocycles. The van der Waals surface area contributed by atoms with Gasteiger partial charge in [-0.3, -0.25) is 4.18 Å². The molecule has 0 atom stereocenters. The van der Waals surface area contributed by atoms with Gasteiger partial charge >= 0.3 is 29.6 Å². The topological polar surface area (TPSA) is 83.5 Å². The van der Waals surface area contributed by atoms with Crippen LogP contribution in [0.2, 0.25) is 0 Å². The Morgan fingerprint density at radius 2 is 1.85 bits per heavy atom. The number of aliphatic carboxylic acids is 1. The molecule has 0 spiro atoms. The second-order valence-corrected chi connectivity index (χ2v) is 2.41. The molecule has 0 aliphatic heterocycles. The predicted molar refractivity (Wildman–Crippen MR) is 41.8 cm³/mol. The van der Waals surface area contributed by atoms with Crippen LogP contribution in [0.4, 0.5) is 0 Å². The average molecular weight is 218 g/mol. The van der Waals surface area contributed by atoms with Crippen molar-refractivity contribution in [2.24, 2.45) is 0 Å². The number of hydrogen-bond donors (Lipinski definition) is 1. The number of carboxylic acid groups (broad SMARTS) is 1. The Bertz CT molecular complexity index is 203. The molecule has 0 aromatic heterocycles. The fourth-order valence-corrected chi connectivity index (χ4v) is 0.316. The summed E-state index contributed by atoms with van der Waals surface area (Å²) >= 11 is 0. The summed E-state index contributed by atoms with van der Waals surface area (Å²) in [6.45, 7) is 6.33. The maximum atomic E-state index is 9.49. The quantitative estimate of drug-likeness (QED) is 0.295. The molecule has 0 bridgehead atoms. The Hall–Kier alpha value is 0.120. The van der Waals surface area contributed by atoms with E-state index in [2.05, 4.69) is 10.8 Å². The van der Waals surface area contributed by atoms with Crippen LogP contribution in [0.3, 0.4) is 0 Å². The Morgan fingerprint density at radius 3 is 1.85 bits per heavy atom. The van der Waals surface area contributed by atoms with Crippen LogP contribution in [-0.2, 0) is 20.0 Å². The number of carbonyl (C=O) groups is 1. The first-order valence-corrected chi connectivity index (χ1v) is 4.15. The van der Waals surface area contributed by atoms with Crippen molar-refractivity contribution in [3.05, 3.63) is 12.2 Å². The summed E-state index contributed by atoms with van der Waals surface area (Å²) in [7, 11) is -2.60. The zero-order valence-electron chi connectivity index (χ0n) is 7.90. The van der Waals surface area contributed by atoms with Crippen LogP contribution < -0.4 is 34.7 Å². The fraction of sp³-hybridized carbons (Fsp3) is 0.500. The second-order valence-electron chi connectivity index (χ2n) is 1.71. The molecule has 0 aliphatic rings. The van der Waals surface area contributed by atoms with E-state index >= 15 is 0 Å². The van der Waals surface area contributed by atoms with Crippen LogP contribution in [0.25, 0.3) is 0 Å². The first-order chi connectivity index (χ1) is 5.41. The van der Waals surface area contributed by atoms with Crippen LogP contribution in [0, 0.1) is 0 Å². The molecule has 72 valence electrons. The SMILES string of the molecule is C=C(C)C(=O)[O-].CCO[SH](=O)=O.[Na+]. The van der Waals surface area contributed by atoms with Crippen molar-refractivity contribution in [2.45, 2.75) is 13.8 Å². The van der Waals surface area contributed by atoms with Crippen LogP contribution >= 0.6 is 0 Å². The van der Waals surface area contributed by atoms with E-state index in [9.17, 15) is 18.3 Å². The van der Waals surface area contributed by atoms with E-state index in [1.54, 1.807) is 6.92 Å². The molecule has 7 heteroatoms. The van der Waals surface area contributed by atoms with E-state index in [1.807, 2.05) is 0 Å². The minimum absolute atomic E-state index is 0. The van der Waals surface area contributed by atoms with Crippen molar-refractivity contribution in [1.82, 2.24) is 0 Å². The van der Waals surface area contributed by atoms with Crippen molar-refractivity contribution in [2.75, 3.05) is 6.61 Å². The van der Waals surface area contributed by atoms with Crippen LogP contribution in [0.5, 0.6) is 0 Å². The van der Waals surface area contributed by atoms with Crippen molar-refractivity contribution in [1.29, 1.82) is 0 Å². The number of carboxylic acids is 1. The van der Waals surface area contributed by atoms with Gasteiger partial charge in [-0.2, -0.15) is 0 Å². The Morgan fingerprint density at radius 1 is 1.54 bits per heavy atom. The van der Waals surface area contributed by atoms with E-state index in [0.29, 0.717) is 0 Å². The third-order valence-electron chi connectivity index (χ3n) is 0.583. The third-order valence-corrected chi connectivity index (χ3v) is 1.05. The van der Waals surface area contributed by atoms with E-state index < -0.39 is 17.0 Å². The van der Waals surface area contributed by atoms with Gasteiger partial charge in [0.15, 0.2) is 0 Å². The minimum Gasteiger partial charge on any atom is -0.545 e. The molecule has 0 saturated carbocycles. The second kappa shape index (κ2) is 12.1. The zero-order valence-corrected chi connectivity index (χ0v) is 10.8. The van der Waals surface area contributed by atoms with E-state index in [0.717, 1.165) is 0 Å². The molecule has 0 amide bonds. The van der Waals surface area contributed by atoms with Crippen LogP contribution in [0.15, 0.2) is 12.2 Å². The largest absolute Gasteiger partial charge is 1.00 e. The van der Waals surface area contributed by atoms with Gasteiger partial charge in [0, 0.05) is 0 Å². The fourth-order valence-electron chi connectivity index (χ4n) is 0.105. The van der Waals surface area contributed by atoms with Gasteiger partial charge in [0.1, 0.15) is 0 Å². The van der Waals surface area contributed by atoms with Crippen LogP contribution in [0.1, 0.15) is 13.8 Å². The maximum absolute atomic E-state index is 9.49. The van der Waals surface area contributed by atoms with Gasteiger partial charge in [-0.15, -0.1) is 0 Å². The molecular weight excluding hydrogens is 207 g/mol. The summed E-state index contributed by atoms with van der Waals surface area (Å²) in [5, 5.41) is 9.49. The maximum Gasteiger partial charge on any atom is 1.00 e. The van der Waals surface area contributed by atoms with Gasteiger partial charge in [0.25, 0.3) is 11.0 Å². The molecule has 0 aromatic carbocycles. The Kier molecular flexibility index (Phi) is 17.5. The molecule has 0 rings (SSSR count). The first-order valence-electron chi connectivity index (χ1n) is 3.06. The monoisotopic (exact) mass is 218 g/mol. The molecule has 0 fully saturated rings. The number of rotatable bonds is 3.